The maximum absolute atomic E-state index is 12.8. The summed E-state index contributed by atoms with van der Waals surface area (Å²) in [6, 6.07) is 15.3. The van der Waals surface area contributed by atoms with Crippen LogP contribution in [0.4, 0.5) is 4.79 Å². The van der Waals surface area contributed by atoms with E-state index in [2.05, 4.69) is 15.6 Å². The lowest BCUT2D eigenvalue weighted by atomic mass is 10.1. The van der Waals surface area contributed by atoms with E-state index in [4.69, 9.17) is 14.2 Å². The highest BCUT2D eigenvalue weighted by atomic mass is 32.2. The number of benzene rings is 2. The third-order valence-corrected chi connectivity index (χ3v) is 6.66. The Hall–Kier alpha value is -4.49. The van der Waals surface area contributed by atoms with Crippen LogP contribution in [0.15, 0.2) is 71.8 Å². The third-order valence-electron chi connectivity index (χ3n) is 5.33. The second kappa shape index (κ2) is 14.6. The zero-order valence-corrected chi connectivity index (χ0v) is 22.8. The average molecular weight is 571 g/mol. The summed E-state index contributed by atoms with van der Waals surface area (Å²) in [4.78, 5) is 40.3. The molecule has 0 aliphatic heterocycles. The van der Waals surface area contributed by atoms with Crippen molar-refractivity contribution < 1.29 is 37.0 Å². The molecule has 0 atom stereocenters. The first-order chi connectivity index (χ1) is 19.2. The first-order valence-electron chi connectivity index (χ1n) is 12.3. The highest BCUT2D eigenvalue weighted by Gasteiger charge is 2.20. The molecule has 0 saturated heterocycles. The quantitative estimate of drug-likeness (QED) is 0.262. The molecule has 3 amide bonds. The third kappa shape index (κ3) is 9.06. The molecule has 3 rings (SSSR count). The van der Waals surface area contributed by atoms with Gasteiger partial charge in [0.05, 0.1) is 23.7 Å². The second-order valence-corrected chi connectivity index (χ2v) is 9.92. The molecule has 0 aliphatic carbocycles. The van der Waals surface area contributed by atoms with Crippen LogP contribution in [-0.2, 0) is 21.2 Å². The number of ether oxygens (including phenoxy) is 3. The lowest BCUT2D eigenvalue weighted by Crippen LogP contribution is -2.31. The first kappa shape index (κ1) is 30.1. The van der Waals surface area contributed by atoms with Gasteiger partial charge in [-0.15, -0.1) is 0 Å². The van der Waals surface area contributed by atoms with Gasteiger partial charge in [0.2, 0.25) is 5.88 Å². The van der Waals surface area contributed by atoms with Crippen LogP contribution in [0.3, 0.4) is 0 Å². The number of aromatic nitrogens is 1. The number of carbonyl (C=O) groups is 3. The van der Waals surface area contributed by atoms with E-state index in [1.807, 2.05) is 11.6 Å². The second-order valence-electron chi connectivity index (χ2n) is 8.24. The van der Waals surface area contributed by atoms with Crippen molar-refractivity contribution in [2.75, 3.05) is 33.4 Å². The number of nitrogens with zero attached hydrogens (tertiary/aromatic N) is 1. The van der Waals surface area contributed by atoms with E-state index in [9.17, 15) is 22.8 Å². The Kier molecular flexibility index (Phi) is 11.0. The van der Waals surface area contributed by atoms with E-state index < -0.39 is 22.0 Å². The molecule has 13 heteroatoms. The van der Waals surface area contributed by atoms with Crippen LogP contribution in [0.2, 0.25) is 0 Å². The maximum Gasteiger partial charge on any atom is 0.414 e. The molecule has 0 radical (unpaired) electrons. The fourth-order valence-electron chi connectivity index (χ4n) is 3.36. The van der Waals surface area contributed by atoms with Crippen molar-refractivity contribution >= 4 is 27.9 Å². The van der Waals surface area contributed by atoms with Crippen molar-refractivity contribution in [3.8, 4) is 11.6 Å². The lowest BCUT2D eigenvalue weighted by molar-refractivity contribution is 0.0951. The minimum Gasteiger partial charge on any atom is -0.494 e. The van der Waals surface area contributed by atoms with Gasteiger partial charge in [0.25, 0.3) is 21.8 Å². The largest absolute Gasteiger partial charge is 0.494 e. The molecule has 3 N–H and O–H groups in total. The summed E-state index contributed by atoms with van der Waals surface area (Å²) >= 11 is 0. The normalized spacial score (nSPS) is 10.8. The minimum atomic E-state index is -4.20. The van der Waals surface area contributed by atoms with Crippen molar-refractivity contribution in [1.82, 2.24) is 20.3 Å². The van der Waals surface area contributed by atoms with E-state index >= 15 is 0 Å². The summed E-state index contributed by atoms with van der Waals surface area (Å²) < 4.78 is 42.8. The van der Waals surface area contributed by atoms with Crippen LogP contribution in [0.1, 0.15) is 33.2 Å². The number of rotatable bonds is 13. The van der Waals surface area contributed by atoms with E-state index in [0.29, 0.717) is 36.5 Å². The van der Waals surface area contributed by atoms with Gasteiger partial charge in [-0.25, -0.2) is 22.9 Å². The number of hydrogen-bond acceptors (Lipinski definition) is 9. The molecule has 1 aromatic heterocycles. The van der Waals surface area contributed by atoms with Gasteiger partial charge in [0.15, 0.2) is 0 Å². The molecular formula is C27H30N4O8S. The number of amides is 3. The molecule has 0 fully saturated rings. The van der Waals surface area contributed by atoms with Gasteiger partial charge in [-0.3, -0.25) is 9.59 Å². The number of nitrogens with one attached hydrogen (secondary N) is 3. The molecule has 2 aromatic carbocycles. The maximum atomic E-state index is 12.8. The van der Waals surface area contributed by atoms with Crippen LogP contribution in [0, 0.1) is 0 Å². The Labute approximate surface area is 232 Å². The fourth-order valence-corrected chi connectivity index (χ4v) is 4.40. The Morgan fingerprint density at radius 2 is 1.65 bits per heavy atom. The fraction of sp³-hybridized carbons (Fsp3) is 0.259. The summed E-state index contributed by atoms with van der Waals surface area (Å²) in [5.41, 5.74) is 1.07. The van der Waals surface area contributed by atoms with Crippen molar-refractivity contribution in [3.63, 3.8) is 0 Å². The monoisotopic (exact) mass is 570 g/mol. The molecule has 40 heavy (non-hydrogen) atoms. The SMILES string of the molecule is CCOc1ccc(C(=O)NCCc2cccc(S(=O)(=O)NC(=O)c3ccc(OC(=O)NCCOC)nc3)c2)cc1. The molecule has 0 saturated carbocycles. The minimum absolute atomic E-state index is 0.0520. The van der Waals surface area contributed by atoms with Gasteiger partial charge < -0.3 is 24.8 Å². The molecule has 0 bridgehead atoms. The standard InChI is InChI=1S/C27H30N4O8S/c1-3-38-22-10-7-20(8-11-22)25(32)28-14-13-19-5-4-6-23(17-19)40(35,36)31-26(33)21-9-12-24(30-18-21)39-27(34)29-15-16-37-2/h4-12,17-18H,3,13-16H2,1-2H3,(H,28,32)(H,29,34)(H,31,33). The average Bonchev–Trinajstić information content (AvgIpc) is 2.94. The van der Waals surface area contributed by atoms with E-state index in [1.54, 1.807) is 36.4 Å². The number of pyridine rings is 1. The molecular weight excluding hydrogens is 540 g/mol. The molecule has 212 valence electrons. The summed E-state index contributed by atoms with van der Waals surface area (Å²) in [6.07, 6.45) is 0.705. The first-order valence-corrected chi connectivity index (χ1v) is 13.8. The summed E-state index contributed by atoms with van der Waals surface area (Å²) in [6.45, 7) is 3.22. The highest BCUT2D eigenvalue weighted by Crippen LogP contribution is 2.15. The molecule has 12 nitrogen and oxygen atoms in total. The lowest BCUT2D eigenvalue weighted by Gasteiger charge is -2.10. The van der Waals surface area contributed by atoms with Gasteiger partial charge in [-0.2, -0.15) is 0 Å². The Morgan fingerprint density at radius 1 is 0.900 bits per heavy atom. The smallest absolute Gasteiger partial charge is 0.414 e. The zero-order chi connectivity index (χ0) is 29.0. The van der Waals surface area contributed by atoms with Crippen LogP contribution < -0.4 is 24.8 Å². The number of hydrogen-bond donors (Lipinski definition) is 3. The van der Waals surface area contributed by atoms with Crippen LogP contribution >= 0.6 is 0 Å². The van der Waals surface area contributed by atoms with E-state index in [-0.39, 0.29) is 35.3 Å². The van der Waals surface area contributed by atoms with Crippen LogP contribution in [0.5, 0.6) is 11.6 Å². The van der Waals surface area contributed by atoms with Gasteiger partial charge >= 0.3 is 6.09 Å². The highest BCUT2D eigenvalue weighted by molar-refractivity contribution is 7.90. The molecule has 0 spiro atoms. The molecule has 1 heterocycles. The Balaban J connectivity index is 1.53. The molecule has 0 aliphatic rings. The van der Waals surface area contributed by atoms with Crippen molar-refractivity contribution in [1.29, 1.82) is 0 Å². The van der Waals surface area contributed by atoms with Gasteiger partial charge in [0.1, 0.15) is 5.75 Å². The summed E-state index contributed by atoms with van der Waals surface area (Å²) in [5, 5.41) is 5.24. The molecule has 3 aromatic rings. The predicted octanol–water partition coefficient (Wildman–Crippen LogP) is 2.31. The van der Waals surface area contributed by atoms with E-state index in [1.165, 1.54) is 31.4 Å². The summed E-state index contributed by atoms with van der Waals surface area (Å²) in [5.74, 6) is -0.575. The number of sulfonamides is 1. The van der Waals surface area contributed by atoms with Crippen molar-refractivity contribution in [2.24, 2.45) is 0 Å². The predicted molar refractivity (Wildman–Crippen MR) is 145 cm³/mol. The topological polar surface area (TPSA) is 162 Å². The molecule has 0 unspecified atom stereocenters. The summed E-state index contributed by atoms with van der Waals surface area (Å²) in [7, 11) is -2.71. The Bertz CT molecular complexity index is 1410. The van der Waals surface area contributed by atoms with Gasteiger partial charge in [-0.1, -0.05) is 12.1 Å². The zero-order valence-electron chi connectivity index (χ0n) is 22.0. The number of methoxy groups -OCH3 is 1. The van der Waals surface area contributed by atoms with Gasteiger partial charge in [-0.05, 0) is 61.4 Å². The number of carbonyl (C=O) groups excluding carboxylic acids is 3. The van der Waals surface area contributed by atoms with Crippen LogP contribution in [-0.4, -0.2) is 64.7 Å². The van der Waals surface area contributed by atoms with Gasteiger partial charge in [0, 0.05) is 38.0 Å². The van der Waals surface area contributed by atoms with E-state index in [0.717, 1.165) is 6.20 Å². The van der Waals surface area contributed by atoms with Crippen molar-refractivity contribution in [3.05, 3.63) is 83.6 Å². The Morgan fingerprint density at radius 3 is 2.33 bits per heavy atom. The van der Waals surface area contributed by atoms with Crippen molar-refractivity contribution in [2.45, 2.75) is 18.2 Å². The van der Waals surface area contributed by atoms with Crippen LogP contribution in [0.25, 0.3) is 0 Å².